The van der Waals surface area contributed by atoms with Crippen LogP contribution in [0.4, 0.5) is 5.82 Å². The highest BCUT2D eigenvalue weighted by Gasteiger charge is 2.17. The lowest BCUT2D eigenvalue weighted by atomic mass is 10.0. The van der Waals surface area contributed by atoms with Gasteiger partial charge in [0.05, 0.1) is 25.4 Å². The van der Waals surface area contributed by atoms with E-state index in [0.717, 1.165) is 50.5 Å². The normalized spacial score (nSPS) is 17.5. The molecule has 0 atom stereocenters. The molecule has 0 radical (unpaired) electrons. The third-order valence-corrected chi connectivity index (χ3v) is 5.42. The zero-order valence-corrected chi connectivity index (χ0v) is 17.1. The smallest absolute Gasteiger partial charge is 0.253 e. The molecule has 0 saturated carbocycles. The minimum atomic E-state index is -0.171. The van der Waals surface area contributed by atoms with Gasteiger partial charge in [-0.3, -0.25) is 4.79 Å². The van der Waals surface area contributed by atoms with Crippen molar-refractivity contribution in [3.05, 3.63) is 47.8 Å². The van der Waals surface area contributed by atoms with Crippen LogP contribution in [0.5, 0.6) is 5.88 Å². The molecule has 4 rings (SSSR count). The summed E-state index contributed by atoms with van der Waals surface area (Å²) < 4.78 is 16.5. The predicted molar refractivity (Wildman–Crippen MR) is 112 cm³/mol. The first kappa shape index (κ1) is 20.6. The number of rotatable bonds is 7. The molecule has 2 aliphatic heterocycles. The quantitative estimate of drug-likeness (QED) is 0.745. The molecule has 0 unspecified atom stereocenters. The van der Waals surface area contributed by atoms with Crippen LogP contribution in [0.3, 0.4) is 0 Å². The van der Waals surface area contributed by atoms with Crippen molar-refractivity contribution in [1.82, 2.24) is 15.3 Å². The van der Waals surface area contributed by atoms with E-state index in [0.29, 0.717) is 43.7 Å². The van der Waals surface area contributed by atoms with Crippen molar-refractivity contribution in [2.75, 3.05) is 51.0 Å². The molecule has 160 valence electrons. The van der Waals surface area contributed by atoms with Crippen LogP contribution in [0.25, 0.3) is 0 Å². The Morgan fingerprint density at radius 3 is 2.67 bits per heavy atom. The van der Waals surface area contributed by atoms with E-state index < -0.39 is 0 Å². The van der Waals surface area contributed by atoms with E-state index >= 15 is 0 Å². The summed E-state index contributed by atoms with van der Waals surface area (Å²) in [7, 11) is 0. The first-order valence-corrected chi connectivity index (χ1v) is 10.5. The lowest BCUT2D eigenvalue weighted by Gasteiger charge is -2.29. The number of nitrogens with zero attached hydrogens (tertiary/aromatic N) is 3. The molecule has 30 heavy (non-hydrogen) atoms. The zero-order chi connectivity index (χ0) is 20.6. The van der Waals surface area contributed by atoms with Crippen molar-refractivity contribution < 1.29 is 19.0 Å². The molecule has 2 aliphatic rings. The van der Waals surface area contributed by atoms with Crippen molar-refractivity contribution in [3.63, 3.8) is 0 Å². The van der Waals surface area contributed by atoms with Crippen LogP contribution >= 0.6 is 0 Å². The summed E-state index contributed by atoms with van der Waals surface area (Å²) >= 11 is 0. The number of carbonyl (C=O) groups excluding carboxylic acids is 1. The highest BCUT2D eigenvalue weighted by Crippen LogP contribution is 2.19. The Labute approximate surface area is 176 Å². The van der Waals surface area contributed by atoms with E-state index in [4.69, 9.17) is 14.2 Å². The van der Waals surface area contributed by atoms with E-state index in [1.54, 1.807) is 24.5 Å². The molecule has 2 aromatic rings. The maximum atomic E-state index is 12.6. The second-order valence-electron chi connectivity index (χ2n) is 7.52. The molecule has 2 saturated heterocycles. The molecule has 8 heteroatoms. The average molecular weight is 412 g/mol. The number of anilines is 1. The van der Waals surface area contributed by atoms with Crippen molar-refractivity contribution in [2.24, 2.45) is 5.92 Å². The Balaban J connectivity index is 1.30. The van der Waals surface area contributed by atoms with Gasteiger partial charge in [-0.15, -0.1) is 0 Å². The highest BCUT2D eigenvalue weighted by molar-refractivity contribution is 5.93. The molecule has 4 heterocycles. The third kappa shape index (κ3) is 5.46. The maximum Gasteiger partial charge on any atom is 0.253 e. The SMILES string of the molecule is O=C(NCc1cccnc1N1CCOCC1)c1ccc(OCC2CCOCC2)nc1. The van der Waals surface area contributed by atoms with Crippen molar-refractivity contribution in [3.8, 4) is 5.88 Å². The molecule has 2 aromatic heterocycles. The number of aromatic nitrogens is 2. The Morgan fingerprint density at radius 2 is 1.90 bits per heavy atom. The van der Waals surface area contributed by atoms with Gasteiger partial charge in [0, 0.05) is 56.9 Å². The van der Waals surface area contributed by atoms with Crippen LogP contribution < -0.4 is 15.0 Å². The zero-order valence-electron chi connectivity index (χ0n) is 17.1. The number of carbonyl (C=O) groups is 1. The molecule has 1 N–H and O–H groups in total. The summed E-state index contributed by atoms with van der Waals surface area (Å²) in [5.74, 6) is 1.77. The molecule has 0 spiro atoms. The summed E-state index contributed by atoms with van der Waals surface area (Å²) in [6.07, 6.45) is 5.36. The van der Waals surface area contributed by atoms with Gasteiger partial charge in [-0.05, 0) is 30.9 Å². The minimum absolute atomic E-state index is 0.171. The molecule has 1 amide bonds. The Bertz CT molecular complexity index is 818. The van der Waals surface area contributed by atoms with E-state index in [1.807, 2.05) is 12.1 Å². The first-order chi connectivity index (χ1) is 14.8. The molecular formula is C22H28N4O4. The Hall–Kier alpha value is -2.71. The molecule has 2 fully saturated rings. The molecule has 0 aliphatic carbocycles. The standard InChI is InChI=1S/C22H28N4O4/c27-22(19-3-4-20(24-15-19)30-16-17-5-10-28-11-6-17)25-14-18-2-1-7-23-21(18)26-8-12-29-13-9-26/h1-4,7,15,17H,5-6,8-14,16H2,(H,25,27). The van der Waals surface area contributed by atoms with E-state index in [9.17, 15) is 4.79 Å². The number of morpholine rings is 1. The van der Waals surface area contributed by atoms with Crippen molar-refractivity contribution >= 4 is 11.7 Å². The summed E-state index contributed by atoms with van der Waals surface area (Å²) in [6, 6.07) is 7.37. The second kappa shape index (κ2) is 10.4. The van der Waals surface area contributed by atoms with Gasteiger partial charge in [0.2, 0.25) is 5.88 Å². The fourth-order valence-corrected chi connectivity index (χ4v) is 3.62. The largest absolute Gasteiger partial charge is 0.477 e. The number of amides is 1. The van der Waals surface area contributed by atoms with Crippen molar-refractivity contribution in [1.29, 1.82) is 0 Å². The molecule has 8 nitrogen and oxygen atoms in total. The van der Waals surface area contributed by atoms with Crippen molar-refractivity contribution in [2.45, 2.75) is 19.4 Å². The predicted octanol–water partition coefficient (Wildman–Crippen LogP) is 2.05. The highest BCUT2D eigenvalue weighted by atomic mass is 16.5. The van der Waals surface area contributed by atoms with Crippen LogP contribution in [0.1, 0.15) is 28.8 Å². The molecular weight excluding hydrogens is 384 g/mol. The van der Waals surface area contributed by atoms with Crippen LogP contribution in [0, 0.1) is 5.92 Å². The van der Waals surface area contributed by atoms with Gasteiger partial charge in [-0.1, -0.05) is 6.07 Å². The van der Waals surface area contributed by atoms with E-state index in [2.05, 4.69) is 20.2 Å². The molecule has 0 bridgehead atoms. The minimum Gasteiger partial charge on any atom is -0.477 e. The van der Waals surface area contributed by atoms with Crippen LogP contribution in [0.15, 0.2) is 36.7 Å². The van der Waals surface area contributed by atoms with Gasteiger partial charge in [0.25, 0.3) is 5.91 Å². The fourth-order valence-electron chi connectivity index (χ4n) is 3.62. The number of ether oxygens (including phenoxy) is 3. The van der Waals surface area contributed by atoms with Gasteiger partial charge in [0.1, 0.15) is 5.82 Å². The number of hydrogen-bond donors (Lipinski definition) is 1. The number of nitrogens with one attached hydrogen (secondary N) is 1. The summed E-state index contributed by atoms with van der Waals surface area (Å²) in [4.78, 5) is 23.5. The van der Waals surface area contributed by atoms with Crippen LogP contribution in [-0.4, -0.2) is 62.0 Å². The summed E-state index contributed by atoms with van der Waals surface area (Å²) in [5, 5.41) is 2.97. The lowest BCUT2D eigenvalue weighted by molar-refractivity contribution is 0.0490. The Morgan fingerprint density at radius 1 is 1.10 bits per heavy atom. The third-order valence-electron chi connectivity index (χ3n) is 5.42. The fraction of sp³-hybridized carbons (Fsp3) is 0.500. The molecule has 0 aromatic carbocycles. The van der Waals surface area contributed by atoms with Gasteiger partial charge >= 0.3 is 0 Å². The number of hydrogen-bond acceptors (Lipinski definition) is 7. The van der Waals surface area contributed by atoms with E-state index in [-0.39, 0.29) is 5.91 Å². The summed E-state index contributed by atoms with van der Waals surface area (Å²) in [5.41, 5.74) is 1.49. The van der Waals surface area contributed by atoms with Gasteiger partial charge in [-0.2, -0.15) is 0 Å². The first-order valence-electron chi connectivity index (χ1n) is 10.5. The number of pyridine rings is 2. The van der Waals surface area contributed by atoms with Gasteiger partial charge in [-0.25, -0.2) is 9.97 Å². The average Bonchev–Trinajstić information content (AvgIpc) is 2.83. The van der Waals surface area contributed by atoms with Crippen LogP contribution in [-0.2, 0) is 16.0 Å². The van der Waals surface area contributed by atoms with Crippen LogP contribution in [0.2, 0.25) is 0 Å². The topological polar surface area (TPSA) is 85.8 Å². The maximum absolute atomic E-state index is 12.6. The lowest BCUT2D eigenvalue weighted by Crippen LogP contribution is -2.37. The van der Waals surface area contributed by atoms with Gasteiger partial charge < -0.3 is 24.4 Å². The Kier molecular flexibility index (Phi) is 7.10. The summed E-state index contributed by atoms with van der Waals surface area (Å²) in [6.45, 7) is 5.62. The van der Waals surface area contributed by atoms with Gasteiger partial charge in [0.15, 0.2) is 0 Å². The second-order valence-corrected chi connectivity index (χ2v) is 7.52. The monoisotopic (exact) mass is 412 g/mol. The van der Waals surface area contributed by atoms with E-state index in [1.165, 1.54) is 0 Å².